The summed E-state index contributed by atoms with van der Waals surface area (Å²) in [5.41, 5.74) is 0.973. The fourth-order valence-corrected chi connectivity index (χ4v) is 3.18. The van der Waals surface area contributed by atoms with Crippen molar-refractivity contribution in [3.8, 4) is 0 Å². The van der Waals surface area contributed by atoms with Crippen LogP contribution in [0.15, 0.2) is 45.9 Å². The number of halogens is 1. The van der Waals surface area contributed by atoms with E-state index in [1.165, 1.54) is 0 Å². The van der Waals surface area contributed by atoms with E-state index < -0.39 is 0 Å². The zero-order valence-corrected chi connectivity index (χ0v) is 14.5. The van der Waals surface area contributed by atoms with Crippen molar-refractivity contribution in [1.82, 2.24) is 20.2 Å². The predicted octanol–water partition coefficient (Wildman–Crippen LogP) is 1.70. The van der Waals surface area contributed by atoms with Crippen LogP contribution in [-0.2, 0) is 0 Å². The minimum absolute atomic E-state index is 0.260. The molecule has 1 unspecified atom stereocenters. The highest BCUT2D eigenvalue weighted by atomic mass is 35.5. The molecule has 0 spiro atoms. The van der Waals surface area contributed by atoms with E-state index in [-0.39, 0.29) is 5.28 Å². The second-order valence-corrected chi connectivity index (χ2v) is 5.97. The highest BCUT2D eigenvalue weighted by Crippen LogP contribution is 2.26. The summed E-state index contributed by atoms with van der Waals surface area (Å²) < 4.78 is 0. The fraction of sp³-hybridized carbons (Fsp3) is 0.375. The number of hydrogen-bond acceptors (Lipinski definition) is 6. The fourth-order valence-electron chi connectivity index (χ4n) is 3.04. The highest BCUT2D eigenvalue weighted by molar-refractivity contribution is 6.28. The minimum Gasteiger partial charge on any atom is -0.355 e. The van der Waals surface area contributed by atoms with E-state index in [1.54, 1.807) is 13.2 Å². The lowest BCUT2D eigenvalue weighted by Crippen LogP contribution is -2.35. The lowest BCUT2D eigenvalue weighted by molar-refractivity contribution is 0.413. The van der Waals surface area contributed by atoms with Gasteiger partial charge in [-0.05, 0) is 36.9 Å². The third-order valence-electron chi connectivity index (χ3n) is 4.32. The molecule has 0 amide bonds. The van der Waals surface area contributed by atoms with Crippen LogP contribution < -0.4 is 10.2 Å². The van der Waals surface area contributed by atoms with Gasteiger partial charge in [-0.2, -0.15) is 0 Å². The maximum absolute atomic E-state index is 5.90. The van der Waals surface area contributed by atoms with Crippen LogP contribution >= 0.6 is 11.6 Å². The monoisotopic (exact) mass is 345 g/mol. The second-order valence-electron chi connectivity index (χ2n) is 5.63. The molecule has 7 nitrogen and oxygen atoms in total. The first-order valence-electron chi connectivity index (χ1n) is 7.71. The van der Waals surface area contributed by atoms with Crippen molar-refractivity contribution in [1.29, 1.82) is 0 Å². The third-order valence-corrected chi connectivity index (χ3v) is 4.51. The molecule has 0 bridgehead atoms. The van der Waals surface area contributed by atoms with E-state index in [0.29, 0.717) is 6.04 Å². The second kappa shape index (κ2) is 7.00. The Balaban J connectivity index is 1.78. The quantitative estimate of drug-likeness (QED) is 0.664. The van der Waals surface area contributed by atoms with Gasteiger partial charge in [0.2, 0.25) is 5.28 Å². The van der Waals surface area contributed by atoms with Crippen LogP contribution in [0.2, 0.25) is 5.28 Å². The third kappa shape index (κ3) is 3.12. The first kappa shape index (κ1) is 16.4. The molecule has 0 aromatic carbocycles. The van der Waals surface area contributed by atoms with Gasteiger partial charge >= 0.3 is 0 Å². The van der Waals surface area contributed by atoms with Crippen LogP contribution in [0.25, 0.3) is 0 Å². The Kier molecular flexibility index (Phi) is 4.80. The number of anilines is 1. The average Bonchev–Trinajstić information content (AvgIpc) is 3.25. The van der Waals surface area contributed by atoms with Crippen molar-refractivity contribution in [3.63, 3.8) is 0 Å². The molecule has 0 radical (unpaired) electrons. The zero-order chi connectivity index (χ0) is 17.1. The number of amidine groups is 1. The molecule has 2 aliphatic rings. The Morgan fingerprint density at radius 1 is 1.54 bits per heavy atom. The Labute approximate surface area is 146 Å². The van der Waals surface area contributed by atoms with Gasteiger partial charge in [0, 0.05) is 45.6 Å². The van der Waals surface area contributed by atoms with Gasteiger partial charge in [0.25, 0.3) is 0 Å². The standard InChI is InChI=1S/C16H20ClN7/c1-18-14-12(4-7-20-14)15(19-2)24-9-6-11(10-24)23(3)13-5-8-21-16(17)22-13/h4-5,7-8,11H,2,6,9-10H2,1,3H3,(H,18,20)/b15-12+. The normalized spacial score (nSPS) is 23.5. The summed E-state index contributed by atoms with van der Waals surface area (Å²) in [4.78, 5) is 21.1. The number of hydrogen-bond donors (Lipinski definition) is 1. The number of nitrogens with zero attached hydrogens (tertiary/aromatic N) is 6. The van der Waals surface area contributed by atoms with Gasteiger partial charge in [-0.3, -0.25) is 4.99 Å². The first-order chi connectivity index (χ1) is 11.6. The van der Waals surface area contributed by atoms with Gasteiger partial charge in [-0.15, -0.1) is 0 Å². The molecule has 1 aromatic rings. The first-order valence-corrected chi connectivity index (χ1v) is 8.09. The van der Waals surface area contributed by atoms with Crippen molar-refractivity contribution >= 4 is 30.0 Å². The zero-order valence-electron chi connectivity index (χ0n) is 13.8. The SMILES string of the molecule is C=N/C(=C1/C=CNC1=NC)N1CCC(N(C)c2ccnc(Cl)n2)C1. The summed E-state index contributed by atoms with van der Waals surface area (Å²) in [5.74, 6) is 2.49. The molecule has 126 valence electrons. The summed E-state index contributed by atoms with van der Waals surface area (Å²) in [7, 11) is 3.78. The molecule has 24 heavy (non-hydrogen) atoms. The Morgan fingerprint density at radius 2 is 2.38 bits per heavy atom. The summed E-state index contributed by atoms with van der Waals surface area (Å²) in [5, 5.41) is 3.38. The Bertz CT molecular complexity index is 725. The van der Waals surface area contributed by atoms with Crippen molar-refractivity contribution in [3.05, 3.63) is 41.2 Å². The maximum Gasteiger partial charge on any atom is 0.224 e. The van der Waals surface area contributed by atoms with Crippen molar-refractivity contribution in [2.75, 3.05) is 32.1 Å². The molecule has 1 atom stereocenters. The smallest absolute Gasteiger partial charge is 0.224 e. The largest absolute Gasteiger partial charge is 0.355 e. The molecule has 1 aromatic heterocycles. The van der Waals surface area contributed by atoms with Crippen LogP contribution in [0.1, 0.15) is 6.42 Å². The molecule has 1 saturated heterocycles. The summed E-state index contributed by atoms with van der Waals surface area (Å²) in [6.45, 7) is 5.47. The Hall–Kier alpha value is -2.41. The summed E-state index contributed by atoms with van der Waals surface area (Å²) in [6.07, 6.45) is 6.52. The topological polar surface area (TPSA) is 69.0 Å². The van der Waals surface area contributed by atoms with Gasteiger partial charge in [0.05, 0.1) is 5.57 Å². The lowest BCUT2D eigenvalue weighted by atomic mass is 10.2. The lowest BCUT2D eigenvalue weighted by Gasteiger charge is -2.26. The van der Waals surface area contributed by atoms with E-state index in [2.05, 4.69) is 41.8 Å². The van der Waals surface area contributed by atoms with E-state index in [1.807, 2.05) is 25.4 Å². The van der Waals surface area contributed by atoms with Crippen molar-refractivity contribution in [2.24, 2.45) is 9.98 Å². The van der Waals surface area contributed by atoms with Gasteiger partial charge in [0.1, 0.15) is 17.5 Å². The van der Waals surface area contributed by atoms with Crippen molar-refractivity contribution < 1.29 is 0 Å². The Morgan fingerprint density at radius 3 is 3.08 bits per heavy atom. The molecule has 1 N–H and O–H groups in total. The summed E-state index contributed by atoms with van der Waals surface area (Å²) in [6, 6.07) is 2.18. The number of aromatic nitrogens is 2. The van der Waals surface area contributed by atoms with E-state index in [0.717, 1.165) is 42.6 Å². The van der Waals surface area contributed by atoms with E-state index in [4.69, 9.17) is 11.6 Å². The van der Waals surface area contributed by atoms with Gasteiger partial charge in [-0.25, -0.2) is 15.0 Å². The summed E-state index contributed by atoms with van der Waals surface area (Å²) >= 11 is 5.90. The number of likely N-dealkylation sites (tertiary alicyclic amines) is 1. The van der Waals surface area contributed by atoms with E-state index >= 15 is 0 Å². The van der Waals surface area contributed by atoms with Crippen LogP contribution in [0.4, 0.5) is 5.82 Å². The predicted molar refractivity (Wildman–Crippen MR) is 97.6 cm³/mol. The molecule has 0 saturated carbocycles. The molecule has 3 rings (SSSR count). The highest BCUT2D eigenvalue weighted by Gasteiger charge is 2.30. The molecular formula is C16H20ClN7. The number of nitrogens with one attached hydrogen (secondary N) is 1. The molecule has 0 aliphatic carbocycles. The molecule has 1 fully saturated rings. The molecule has 3 heterocycles. The van der Waals surface area contributed by atoms with Crippen molar-refractivity contribution in [2.45, 2.75) is 12.5 Å². The van der Waals surface area contributed by atoms with Gasteiger partial charge in [0.15, 0.2) is 0 Å². The molecule has 8 heteroatoms. The van der Waals surface area contributed by atoms with Crippen LogP contribution in [0.3, 0.4) is 0 Å². The molecular weight excluding hydrogens is 326 g/mol. The van der Waals surface area contributed by atoms with E-state index in [9.17, 15) is 0 Å². The van der Waals surface area contributed by atoms with Gasteiger partial charge < -0.3 is 15.1 Å². The molecule has 2 aliphatic heterocycles. The maximum atomic E-state index is 5.90. The number of aliphatic imine (C=N–C) groups is 2. The van der Waals surface area contributed by atoms with Crippen LogP contribution in [0, 0.1) is 0 Å². The van der Waals surface area contributed by atoms with Gasteiger partial charge in [-0.1, -0.05) is 0 Å². The number of likely N-dealkylation sites (N-methyl/N-ethyl adjacent to an activating group) is 1. The van der Waals surface area contributed by atoms with Crippen LogP contribution in [0.5, 0.6) is 0 Å². The minimum atomic E-state index is 0.260. The number of rotatable bonds is 4. The van der Waals surface area contributed by atoms with Crippen LogP contribution in [-0.4, -0.2) is 60.6 Å². The average molecular weight is 346 g/mol.